The minimum absolute atomic E-state index is 0. The van der Waals surface area contributed by atoms with Gasteiger partial charge in [-0.2, -0.15) is 0 Å². The summed E-state index contributed by atoms with van der Waals surface area (Å²) < 4.78 is 0. The van der Waals surface area contributed by atoms with Crippen LogP contribution in [0.25, 0.3) is 0 Å². The predicted molar refractivity (Wildman–Crippen MR) is 74.2 cm³/mol. The number of hydrogen-bond donors (Lipinski definition) is 2. The lowest BCUT2D eigenvalue weighted by Gasteiger charge is -2.07. The quantitative estimate of drug-likeness (QED) is 0.895. The summed E-state index contributed by atoms with van der Waals surface area (Å²) in [5, 5.41) is 8.83. The molecule has 94 valence electrons. The highest BCUT2D eigenvalue weighted by Crippen LogP contribution is 2.40. The zero-order chi connectivity index (χ0) is 11.0. The van der Waals surface area contributed by atoms with Crippen LogP contribution in [0.1, 0.15) is 24.5 Å². The molecule has 1 saturated heterocycles. The second kappa shape index (κ2) is 5.56. The minimum Gasteiger partial charge on any atom is -0.301 e. The number of rotatable bonds is 3. The summed E-state index contributed by atoms with van der Waals surface area (Å²) in [6.07, 6.45) is 2.50. The van der Waals surface area contributed by atoms with E-state index < -0.39 is 0 Å². The Morgan fingerprint density at radius 1 is 1.53 bits per heavy atom. The Labute approximate surface area is 114 Å². The number of anilines is 1. The van der Waals surface area contributed by atoms with E-state index in [0.717, 1.165) is 22.5 Å². The Balaban J connectivity index is 0.00000108. The molecule has 2 N–H and O–H groups in total. The monoisotopic (exact) mass is 291 g/mol. The van der Waals surface area contributed by atoms with Gasteiger partial charge in [-0.3, -0.25) is 10.1 Å². The van der Waals surface area contributed by atoms with Crippen molar-refractivity contribution < 1.29 is 4.79 Å². The summed E-state index contributed by atoms with van der Waals surface area (Å²) in [5.74, 6) is 2.42. The Kier molecular flexibility index (Phi) is 4.30. The third-order valence-electron chi connectivity index (χ3n) is 2.78. The van der Waals surface area contributed by atoms with Crippen LogP contribution in [0.2, 0.25) is 0 Å². The maximum atomic E-state index is 11.8. The van der Waals surface area contributed by atoms with Crippen molar-refractivity contribution in [3.8, 4) is 0 Å². The van der Waals surface area contributed by atoms with E-state index in [0.29, 0.717) is 5.92 Å². The molecular weight excluding hydrogens is 278 g/mol. The fourth-order valence-corrected chi connectivity index (χ4v) is 3.40. The van der Waals surface area contributed by atoms with Crippen molar-refractivity contribution in [1.82, 2.24) is 10.3 Å². The molecule has 2 fully saturated rings. The van der Waals surface area contributed by atoms with Gasteiger partial charge in [0.15, 0.2) is 5.13 Å². The van der Waals surface area contributed by atoms with Gasteiger partial charge in [0.1, 0.15) is 0 Å². The molecule has 2 aliphatic rings. The van der Waals surface area contributed by atoms with E-state index in [-0.39, 0.29) is 24.4 Å². The predicted octanol–water partition coefficient (Wildman–Crippen LogP) is 2.04. The van der Waals surface area contributed by atoms with Gasteiger partial charge < -0.3 is 5.32 Å². The number of thiazole rings is 1. The van der Waals surface area contributed by atoms with Crippen LogP contribution in [-0.2, 0) is 4.79 Å². The molecule has 0 bridgehead atoms. The normalized spacial score (nSPS) is 23.2. The standard InChI is InChI=1S/C10H13N3OS2.ClH/c14-9(8-3-15-5-11-8)13-10-12-7(4-16-10)6-1-2-6;/h4,6,8,11H,1-3,5H2,(H,12,13,14);1H. The molecule has 2 heterocycles. The van der Waals surface area contributed by atoms with Crippen LogP contribution in [0.4, 0.5) is 5.13 Å². The lowest BCUT2D eigenvalue weighted by molar-refractivity contribution is -0.117. The second-order valence-electron chi connectivity index (χ2n) is 4.11. The smallest absolute Gasteiger partial charge is 0.244 e. The van der Waals surface area contributed by atoms with E-state index in [1.165, 1.54) is 24.2 Å². The van der Waals surface area contributed by atoms with Crippen molar-refractivity contribution in [2.24, 2.45) is 0 Å². The van der Waals surface area contributed by atoms with Gasteiger partial charge in [-0.1, -0.05) is 0 Å². The SMILES string of the molecule is Cl.O=C(Nc1nc(C2CC2)cs1)C1CSCN1. The number of nitrogens with zero attached hydrogens (tertiary/aromatic N) is 1. The summed E-state index contributed by atoms with van der Waals surface area (Å²) >= 11 is 3.28. The molecule has 1 saturated carbocycles. The molecule has 1 aromatic rings. The molecule has 1 aromatic heterocycles. The van der Waals surface area contributed by atoms with Crippen molar-refractivity contribution >= 4 is 46.5 Å². The molecule has 1 aliphatic carbocycles. The molecule has 1 aliphatic heterocycles. The molecule has 0 radical (unpaired) electrons. The number of carbonyl (C=O) groups excluding carboxylic acids is 1. The summed E-state index contributed by atoms with van der Waals surface area (Å²) in [7, 11) is 0. The third-order valence-corrected chi connectivity index (χ3v) is 4.50. The maximum absolute atomic E-state index is 11.8. The fraction of sp³-hybridized carbons (Fsp3) is 0.600. The number of hydrogen-bond acceptors (Lipinski definition) is 5. The first-order valence-corrected chi connectivity index (χ1v) is 7.44. The molecule has 7 heteroatoms. The lowest BCUT2D eigenvalue weighted by Crippen LogP contribution is -2.37. The van der Waals surface area contributed by atoms with Crippen molar-refractivity contribution in [2.75, 3.05) is 16.9 Å². The highest BCUT2D eigenvalue weighted by Gasteiger charge is 2.27. The van der Waals surface area contributed by atoms with Gasteiger partial charge in [-0.25, -0.2) is 4.98 Å². The molecule has 1 unspecified atom stereocenters. The number of halogens is 1. The highest BCUT2D eigenvalue weighted by molar-refractivity contribution is 7.99. The molecule has 0 spiro atoms. The van der Waals surface area contributed by atoms with Crippen LogP contribution < -0.4 is 10.6 Å². The molecular formula is C10H14ClN3OS2. The molecule has 17 heavy (non-hydrogen) atoms. The second-order valence-corrected chi connectivity index (χ2v) is 6.00. The number of amides is 1. The summed E-state index contributed by atoms with van der Waals surface area (Å²) in [6, 6.07) is -0.0572. The Bertz CT molecular complexity index is 402. The van der Waals surface area contributed by atoms with Gasteiger partial charge in [0.25, 0.3) is 0 Å². The Morgan fingerprint density at radius 2 is 2.35 bits per heavy atom. The zero-order valence-electron chi connectivity index (χ0n) is 9.14. The van der Waals surface area contributed by atoms with E-state index in [1.807, 2.05) is 0 Å². The van der Waals surface area contributed by atoms with Crippen LogP contribution in [-0.4, -0.2) is 28.6 Å². The van der Waals surface area contributed by atoms with E-state index in [9.17, 15) is 4.79 Å². The number of carbonyl (C=O) groups is 1. The summed E-state index contributed by atoms with van der Waals surface area (Å²) in [4.78, 5) is 16.2. The first-order valence-electron chi connectivity index (χ1n) is 5.40. The minimum atomic E-state index is -0.0572. The van der Waals surface area contributed by atoms with Gasteiger partial charge in [0, 0.05) is 22.9 Å². The van der Waals surface area contributed by atoms with Crippen molar-refractivity contribution in [2.45, 2.75) is 24.8 Å². The highest BCUT2D eigenvalue weighted by atomic mass is 35.5. The average Bonchev–Trinajstić information content (AvgIpc) is 2.82. The largest absolute Gasteiger partial charge is 0.301 e. The number of aromatic nitrogens is 1. The van der Waals surface area contributed by atoms with Crippen molar-refractivity contribution in [3.63, 3.8) is 0 Å². The molecule has 4 nitrogen and oxygen atoms in total. The van der Waals surface area contributed by atoms with Crippen LogP contribution in [0.15, 0.2) is 5.38 Å². The Hall–Kier alpha value is -0.300. The summed E-state index contributed by atoms with van der Waals surface area (Å²) in [5.41, 5.74) is 1.15. The molecule has 1 atom stereocenters. The average molecular weight is 292 g/mol. The van der Waals surface area contributed by atoms with E-state index in [4.69, 9.17) is 0 Å². The third kappa shape index (κ3) is 3.13. The number of thioether (sulfide) groups is 1. The van der Waals surface area contributed by atoms with Gasteiger partial charge in [0.2, 0.25) is 5.91 Å². The maximum Gasteiger partial charge on any atom is 0.244 e. The summed E-state index contributed by atoms with van der Waals surface area (Å²) in [6.45, 7) is 0. The first kappa shape index (κ1) is 13.1. The van der Waals surface area contributed by atoms with Gasteiger partial charge in [0.05, 0.1) is 11.7 Å². The Morgan fingerprint density at radius 3 is 3.00 bits per heavy atom. The van der Waals surface area contributed by atoms with Crippen LogP contribution in [0.5, 0.6) is 0 Å². The first-order chi connectivity index (χ1) is 7.83. The van der Waals surface area contributed by atoms with E-state index in [1.54, 1.807) is 11.8 Å². The van der Waals surface area contributed by atoms with Gasteiger partial charge in [-0.05, 0) is 12.8 Å². The fourth-order valence-electron chi connectivity index (χ4n) is 1.67. The molecule has 3 rings (SSSR count). The topological polar surface area (TPSA) is 54.0 Å². The van der Waals surface area contributed by atoms with Crippen LogP contribution in [0, 0.1) is 0 Å². The van der Waals surface area contributed by atoms with Gasteiger partial charge in [-0.15, -0.1) is 35.5 Å². The van der Waals surface area contributed by atoms with Gasteiger partial charge >= 0.3 is 0 Å². The molecule has 1 amide bonds. The van der Waals surface area contributed by atoms with Crippen molar-refractivity contribution in [1.29, 1.82) is 0 Å². The van der Waals surface area contributed by atoms with Crippen LogP contribution in [0.3, 0.4) is 0 Å². The van der Waals surface area contributed by atoms with E-state index in [2.05, 4.69) is 21.0 Å². The van der Waals surface area contributed by atoms with E-state index >= 15 is 0 Å². The van der Waals surface area contributed by atoms with Crippen molar-refractivity contribution in [3.05, 3.63) is 11.1 Å². The molecule has 0 aromatic carbocycles. The zero-order valence-corrected chi connectivity index (χ0v) is 11.6. The number of nitrogens with one attached hydrogen (secondary N) is 2. The van der Waals surface area contributed by atoms with Crippen LogP contribution >= 0.6 is 35.5 Å². The lowest BCUT2D eigenvalue weighted by atomic mass is 10.3.